The first-order valence-corrected chi connectivity index (χ1v) is 6.63. The minimum atomic E-state index is 0.152. The van der Waals surface area contributed by atoms with Gasteiger partial charge in [0, 0.05) is 12.6 Å². The Labute approximate surface area is 109 Å². The van der Waals surface area contributed by atoms with E-state index in [2.05, 4.69) is 32.9 Å². The molecule has 0 N–H and O–H groups in total. The molecular weight excluding hydrogens is 222 g/mol. The maximum absolute atomic E-state index is 12.0. The Bertz CT molecular complexity index is 447. The molecule has 2 nitrogen and oxygen atoms in total. The van der Waals surface area contributed by atoms with Crippen molar-refractivity contribution in [3.8, 4) is 0 Å². The van der Waals surface area contributed by atoms with Crippen molar-refractivity contribution in [1.82, 2.24) is 4.90 Å². The zero-order valence-electron chi connectivity index (χ0n) is 11.4. The first-order chi connectivity index (χ1) is 8.58. The summed E-state index contributed by atoms with van der Waals surface area (Å²) >= 11 is 0. The highest BCUT2D eigenvalue weighted by molar-refractivity contribution is 5.91. The molecule has 1 aliphatic rings. The monoisotopic (exact) mass is 243 g/mol. The van der Waals surface area contributed by atoms with Crippen LogP contribution in [0.5, 0.6) is 0 Å². The molecule has 2 heteroatoms. The van der Waals surface area contributed by atoms with Crippen LogP contribution in [-0.2, 0) is 4.79 Å². The minimum Gasteiger partial charge on any atom is -0.328 e. The van der Waals surface area contributed by atoms with E-state index in [0.29, 0.717) is 5.92 Å². The lowest BCUT2D eigenvalue weighted by Crippen LogP contribution is -2.29. The third-order valence-electron chi connectivity index (χ3n) is 3.40. The molecule has 0 spiro atoms. The van der Waals surface area contributed by atoms with Crippen LogP contribution in [0.25, 0.3) is 0 Å². The fourth-order valence-corrected chi connectivity index (χ4v) is 2.49. The van der Waals surface area contributed by atoms with Crippen molar-refractivity contribution < 1.29 is 4.79 Å². The van der Waals surface area contributed by atoms with Gasteiger partial charge in [0.25, 0.3) is 0 Å². The molecular formula is C16H21NO. The molecule has 1 atom stereocenters. The second kappa shape index (κ2) is 5.38. The average molecular weight is 243 g/mol. The first kappa shape index (κ1) is 12.9. The van der Waals surface area contributed by atoms with Crippen LogP contribution < -0.4 is 0 Å². The molecule has 1 heterocycles. The summed E-state index contributed by atoms with van der Waals surface area (Å²) in [6, 6.07) is 10.4. The number of carbonyl (C=O) groups is 1. The zero-order chi connectivity index (χ0) is 13.1. The average Bonchev–Trinajstić information content (AvgIpc) is 2.69. The summed E-state index contributed by atoms with van der Waals surface area (Å²) in [6.45, 7) is 7.26. The molecule has 96 valence electrons. The van der Waals surface area contributed by atoms with Crippen molar-refractivity contribution in [1.29, 1.82) is 0 Å². The Morgan fingerprint density at radius 3 is 2.44 bits per heavy atom. The lowest BCUT2D eigenvalue weighted by Gasteiger charge is -2.25. The van der Waals surface area contributed by atoms with Crippen LogP contribution in [0, 0.1) is 5.92 Å². The molecule has 0 radical (unpaired) electrons. The van der Waals surface area contributed by atoms with E-state index in [4.69, 9.17) is 0 Å². The fourth-order valence-electron chi connectivity index (χ4n) is 2.49. The number of amides is 1. The number of benzene rings is 1. The van der Waals surface area contributed by atoms with E-state index in [-0.39, 0.29) is 11.9 Å². The molecule has 18 heavy (non-hydrogen) atoms. The zero-order valence-corrected chi connectivity index (χ0v) is 11.4. The molecule has 1 aromatic rings. The number of hydrogen-bond acceptors (Lipinski definition) is 1. The molecule has 0 aliphatic carbocycles. The van der Waals surface area contributed by atoms with E-state index in [1.54, 1.807) is 0 Å². The Morgan fingerprint density at radius 2 is 1.83 bits per heavy atom. The van der Waals surface area contributed by atoms with Crippen LogP contribution in [-0.4, -0.2) is 17.4 Å². The van der Waals surface area contributed by atoms with Gasteiger partial charge >= 0.3 is 0 Å². The van der Waals surface area contributed by atoms with E-state index in [1.807, 2.05) is 29.2 Å². The highest BCUT2D eigenvalue weighted by Gasteiger charge is 2.26. The van der Waals surface area contributed by atoms with Gasteiger partial charge in [-0.05, 0) is 30.4 Å². The van der Waals surface area contributed by atoms with Gasteiger partial charge in [-0.3, -0.25) is 4.79 Å². The Balaban J connectivity index is 2.06. The summed E-state index contributed by atoms with van der Waals surface area (Å²) in [5.41, 5.74) is 2.46. The fraction of sp³-hybridized carbons (Fsp3) is 0.438. The summed E-state index contributed by atoms with van der Waals surface area (Å²) < 4.78 is 0. The predicted molar refractivity (Wildman–Crippen MR) is 74.1 cm³/mol. The Hall–Kier alpha value is -1.57. The van der Waals surface area contributed by atoms with Gasteiger partial charge in [-0.15, -0.1) is 0 Å². The summed E-state index contributed by atoms with van der Waals surface area (Å²) in [6.07, 6.45) is 2.84. The largest absolute Gasteiger partial charge is 0.328 e. The van der Waals surface area contributed by atoms with Crippen LogP contribution in [0.3, 0.4) is 0 Å². The van der Waals surface area contributed by atoms with Crippen LogP contribution in [0.2, 0.25) is 0 Å². The van der Waals surface area contributed by atoms with Gasteiger partial charge in [0.2, 0.25) is 5.91 Å². The molecule has 1 amide bonds. The second-order valence-corrected chi connectivity index (χ2v) is 5.45. The topological polar surface area (TPSA) is 20.3 Å². The lowest BCUT2D eigenvalue weighted by atomic mass is 10.0. The number of carbonyl (C=O) groups excluding carboxylic acids is 1. The van der Waals surface area contributed by atoms with Gasteiger partial charge in [-0.1, -0.05) is 44.2 Å². The van der Waals surface area contributed by atoms with Crippen LogP contribution in [0.1, 0.15) is 38.8 Å². The highest BCUT2D eigenvalue weighted by atomic mass is 16.2. The molecule has 1 aliphatic heterocycles. The number of nitrogens with zero attached hydrogens (tertiary/aromatic N) is 1. The van der Waals surface area contributed by atoms with Crippen molar-refractivity contribution in [3.63, 3.8) is 0 Å². The molecule has 0 saturated heterocycles. The first-order valence-electron chi connectivity index (χ1n) is 6.63. The third-order valence-corrected chi connectivity index (χ3v) is 3.40. The predicted octanol–water partition coefficient (Wildman–Crippen LogP) is 3.56. The summed E-state index contributed by atoms with van der Waals surface area (Å²) in [5, 5.41) is 0. The number of hydrogen-bond donors (Lipinski definition) is 0. The van der Waals surface area contributed by atoms with Crippen molar-refractivity contribution in [2.75, 3.05) is 6.54 Å². The molecule has 0 saturated carbocycles. The van der Waals surface area contributed by atoms with E-state index in [0.717, 1.165) is 13.0 Å². The molecule has 0 aromatic heterocycles. The van der Waals surface area contributed by atoms with Crippen LogP contribution in [0.15, 0.2) is 42.0 Å². The maximum atomic E-state index is 12.0. The minimum absolute atomic E-state index is 0.152. The van der Waals surface area contributed by atoms with E-state index >= 15 is 0 Å². The van der Waals surface area contributed by atoms with Gasteiger partial charge in [0.1, 0.15) is 0 Å². The van der Waals surface area contributed by atoms with Crippen molar-refractivity contribution >= 4 is 5.91 Å². The molecule has 0 bridgehead atoms. The second-order valence-electron chi connectivity index (χ2n) is 5.45. The standard InChI is InChI=1S/C16H21NO/c1-12(2)9-14-10-16(18)17(11-14)13(3)15-7-5-4-6-8-15/h4-8,10,12-13H,9,11H2,1-3H3/t13-/m0/s1. The van der Waals surface area contributed by atoms with E-state index in [9.17, 15) is 4.79 Å². The van der Waals surface area contributed by atoms with Crippen molar-refractivity contribution in [2.24, 2.45) is 5.92 Å². The number of rotatable bonds is 4. The molecule has 2 rings (SSSR count). The molecule has 1 aromatic carbocycles. The van der Waals surface area contributed by atoms with E-state index in [1.165, 1.54) is 11.1 Å². The summed E-state index contributed by atoms with van der Waals surface area (Å²) in [7, 11) is 0. The Morgan fingerprint density at radius 1 is 1.17 bits per heavy atom. The summed E-state index contributed by atoms with van der Waals surface area (Å²) in [4.78, 5) is 14.0. The van der Waals surface area contributed by atoms with Crippen molar-refractivity contribution in [2.45, 2.75) is 33.2 Å². The quantitative estimate of drug-likeness (QED) is 0.791. The molecule has 0 fully saturated rings. The maximum Gasteiger partial charge on any atom is 0.247 e. The summed E-state index contributed by atoms with van der Waals surface area (Å²) in [5.74, 6) is 0.762. The third kappa shape index (κ3) is 2.81. The lowest BCUT2D eigenvalue weighted by molar-refractivity contribution is -0.126. The van der Waals surface area contributed by atoms with Crippen LogP contribution >= 0.6 is 0 Å². The highest BCUT2D eigenvalue weighted by Crippen LogP contribution is 2.27. The Kier molecular flexibility index (Phi) is 3.85. The normalized spacial score (nSPS) is 17.2. The van der Waals surface area contributed by atoms with Gasteiger partial charge in [0.15, 0.2) is 0 Å². The van der Waals surface area contributed by atoms with Gasteiger partial charge in [-0.2, -0.15) is 0 Å². The van der Waals surface area contributed by atoms with Gasteiger partial charge < -0.3 is 4.90 Å². The van der Waals surface area contributed by atoms with Crippen LogP contribution in [0.4, 0.5) is 0 Å². The van der Waals surface area contributed by atoms with E-state index < -0.39 is 0 Å². The van der Waals surface area contributed by atoms with Crippen molar-refractivity contribution in [3.05, 3.63) is 47.5 Å². The smallest absolute Gasteiger partial charge is 0.247 e. The van der Waals surface area contributed by atoms with Gasteiger partial charge in [0.05, 0.1) is 6.04 Å². The SMILES string of the molecule is CC(C)CC1=CC(=O)N([C@@H](C)c2ccccc2)C1. The van der Waals surface area contributed by atoms with Gasteiger partial charge in [-0.25, -0.2) is 0 Å². The molecule has 0 unspecified atom stereocenters.